The van der Waals surface area contributed by atoms with Crippen molar-refractivity contribution in [3.8, 4) is 17.4 Å². The highest BCUT2D eigenvalue weighted by atomic mass is 35.5. The number of halogens is 2. The molecule has 0 saturated heterocycles. The molecule has 0 N–H and O–H groups in total. The number of aromatic nitrogens is 3. The molecule has 0 unspecified atom stereocenters. The maximum Gasteiger partial charge on any atom is 0.213 e. The van der Waals surface area contributed by atoms with Crippen molar-refractivity contribution in [2.75, 3.05) is 7.11 Å². The van der Waals surface area contributed by atoms with Crippen LogP contribution in [0, 0.1) is 0 Å². The molecule has 18 heavy (non-hydrogen) atoms. The third-order valence-electron chi connectivity index (χ3n) is 2.42. The van der Waals surface area contributed by atoms with Crippen molar-refractivity contribution < 1.29 is 4.74 Å². The summed E-state index contributed by atoms with van der Waals surface area (Å²) in [6, 6.07) is 5.32. The minimum absolute atomic E-state index is 0.358. The largest absolute Gasteiger partial charge is 0.481 e. The number of ether oxygens (including phenoxy) is 1. The zero-order valence-electron chi connectivity index (χ0n) is 9.94. The summed E-state index contributed by atoms with van der Waals surface area (Å²) in [5, 5.41) is 0.717. The first-order valence-corrected chi connectivity index (χ1v) is 6.14. The number of hydrogen-bond acceptors (Lipinski definition) is 4. The van der Waals surface area contributed by atoms with E-state index in [4.69, 9.17) is 27.9 Å². The molecule has 0 amide bonds. The van der Waals surface area contributed by atoms with Crippen molar-refractivity contribution in [3.05, 3.63) is 34.1 Å². The standard InChI is InChI=1S/C12H11Cl2N3O/c1-3-7-10(13)16-12(17-11(7)14)8-5-4-6-9(15-8)18-2/h4-6H,3H2,1-2H3. The zero-order chi connectivity index (χ0) is 13.1. The summed E-state index contributed by atoms with van der Waals surface area (Å²) in [6.07, 6.45) is 0.684. The Morgan fingerprint density at radius 1 is 1.11 bits per heavy atom. The predicted octanol–water partition coefficient (Wildman–Crippen LogP) is 3.42. The number of rotatable bonds is 3. The molecule has 0 aliphatic carbocycles. The Labute approximate surface area is 115 Å². The smallest absolute Gasteiger partial charge is 0.213 e. The average molecular weight is 284 g/mol. The maximum absolute atomic E-state index is 6.06. The Morgan fingerprint density at radius 3 is 2.33 bits per heavy atom. The van der Waals surface area contributed by atoms with Crippen molar-refractivity contribution in [3.63, 3.8) is 0 Å². The number of hydrogen-bond donors (Lipinski definition) is 0. The molecule has 0 bridgehead atoms. The zero-order valence-corrected chi connectivity index (χ0v) is 11.5. The van der Waals surface area contributed by atoms with Crippen molar-refractivity contribution in [1.82, 2.24) is 15.0 Å². The van der Waals surface area contributed by atoms with E-state index < -0.39 is 0 Å². The normalized spacial score (nSPS) is 10.4. The molecule has 2 rings (SSSR count). The highest BCUT2D eigenvalue weighted by Gasteiger charge is 2.12. The van der Waals surface area contributed by atoms with Crippen LogP contribution in [0.2, 0.25) is 10.3 Å². The molecule has 2 aromatic rings. The summed E-state index contributed by atoms with van der Waals surface area (Å²) < 4.78 is 5.05. The van der Waals surface area contributed by atoms with Crippen LogP contribution in [-0.4, -0.2) is 22.1 Å². The second kappa shape index (κ2) is 5.50. The first kappa shape index (κ1) is 13.1. The minimum atomic E-state index is 0.358. The Kier molecular flexibility index (Phi) is 3.99. The van der Waals surface area contributed by atoms with Gasteiger partial charge >= 0.3 is 0 Å². The summed E-state index contributed by atoms with van der Waals surface area (Å²) in [5.41, 5.74) is 1.31. The molecule has 0 aliphatic rings. The summed E-state index contributed by atoms with van der Waals surface area (Å²) in [4.78, 5) is 12.6. The van der Waals surface area contributed by atoms with Crippen LogP contribution >= 0.6 is 23.2 Å². The molecule has 0 fully saturated rings. The lowest BCUT2D eigenvalue weighted by Gasteiger charge is -2.06. The second-order valence-corrected chi connectivity index (χ2v) is 4.24. The molecular weight excluding hydrogens is 273 g/mol. The maximum atomic E-state index is 6.06. The van der Waals surface area contributed by atoms with E-state index in [1.807, 2.05) is 6.92 Å². The van der Waals surface area contributed by atoms with Crippen molar-refractivity contribution in [2.45, 2.75) is 13.3 Å². The van der Waals surface area contributed by atoms with Gasteiger partial charge in [-0.25, -0.2) is 15.0 Å². The first-order chi connectivity index (χ1) is 8.65. The molecular formula is C12H11Cl2N3O. The van der Waals surface area contributed by atoms with Crippen LogP contribution in [0.25, 0.3) is 11.5 Å². The van der Waals surface area contributed by atoms with Crippen LogP contribution in [0.3, 0.4) is 0 Å². The van der Waals surface area contributed by atoms with Crippen LogP contribution in [-0.2, 0) is 6.42 Å². The van der Waals surface area contributed by atoms with E-state index in [9.17, 15) is 0 Å². The fourth-order valence-electron chi connectivity index (χ4n) is 1.49. The van der Waals surface area contributed by atoms with Gasteiger partial charge in [0.05, 0.1) is 7.11 Å². The molecule has 4 nitrogen and oxygen atoms in total. The summed E-state index contributed by atoms with van der Waals surface area (Å²) in [7, 11) is 1.55. The molecule has 2 aromatic heterocycles. The second-order valence-electron chi connectivity index (χ2n) is 3.53. The highest BCUT2D eigenvalue weighted by molar-refractivity contribution is 6.34. The SMILES string of the molecule is CCc1c(Cl)nc(-c2cccc(OC)n2)nc1Cl. The Balaban J connectivity index is 2.51. The monoisotopic (exact) mass is 283 g/mol. The predicted molar refractivity (Wildman–Crippen MR) is 71.2 cm³/mol. The fourth-order valence-corrected chi connectivity index (χ4v) is 2.15. The Morgan fingerprint density at radius 2 is 1.78 bits per heavy atom. The van der Waals surface area contributed by atoms with Crippen molar-refractivity contribution in [1.29, 1.82) is 0 Å². The van der Waals surface area contributed by atoms with Gasteiger partial charge in [0.2, 0.25) is 5.88 Å². The lowest BCUT2D eigenvalue weighted by atomic mass is 10.2. The fraction of sp³-hybridized carbons (Fsp3) is 0.250. The molecule has 0 radical (unpaired) electrons. The van der Waals surface area contributed by atoms with Crippen LogP contribution < -0.4 is 4.74 Å². The number of pyridine rings is 1. The molecule has 0 aromatic carbocycles. The van der Waals surface area contributed by atoms with E-state index in [1.54, 1.807) is 25.3 Å². The van der Waals surface area contributed by atoms with Gasteiger partial charge in [-0.2, -0.15) is 0 Å². The Bertz CT molecular complexity index is 552. The van der Waals surface area contributed by atoms with Gasteiger partial charge in [0.15, 0.2) is 5.82 Å². The summed E-state index contributed by atoms with van der Waals surface area (Å²) in [6.45, 7) is 1.94. The van der Waals surface area contributed by atoms with E-state index in [1.165, 1.54) is 0 Å². The third-order valence-corrected chi connectivity index (χ3v) is 3.05. The van der Waals surface area contributed by atoms with Gasteiger partial charge in [0.1, 0.15) is 16.0 Å². The van der Waals surface area contributed by atoms with Gasteiger partial charge in [-0.3, -0.25) is 0 Å². The van der Waals surface area contributed by atoms with Crippen LogP contribution in [0.5, 0.6) is 5.88 Å². The molecule has 6 heteroatoms. The Hall–Kier alpha value is -1.39. The summed E-state index contributed by atoms with van der Waals surface area (Å²) in [5.74, 6) is 0.879. The third kappa shape index (κ3) is 2.54. The van der Waals surface area contributed by atoms with Crippen molar-refractivity contribution >= 4 is 23.2 Å². The highest BCUT2D eigenvalue weighted by Crippen LogP contribution is 2.25. The molecule has 0 aliphatic heterocycles. The van der Waals surface area contributed by atoms with Gasteiger partial charge in [-0.15, -0.1) is 0 Å². The average Bonchev–Trinajstić information content (AvgIpc) is 2.38. The van der Waals surface area contributed by atoms with E-state index in [2.05, 4.69) is 15.0 Å². The quantitative estimate of drug-likeness (QED) is 0.810. The van der Waals surface area contributed by atoms with Gasteiger partial charge in [0.25, 0.3) is 0 Å². The van der Waals surface area contributed by atoms with E-state index >= 15 is 0 Å². The first-order valence-electron chi connectivity index (χ1n) is 5.39. The molecule has 94 valence electrons. The molecule has 2 heterocycles. The van der Waals surface area contributed by atoms with Gasteiger partial charge in [-0.1, -0.05) is 36.2 Å². The topological polar surface area (TPSA) is 47.9 Å². The molecule has 0 spiro atoms. The van der Waals surface area contributed by atoms with E-state index in [0.717, 1.165) is 5.56 Å². The number of nitrogens with zero attached hydrogens (tertiary/aromatic N) is 3. The summed E-state index contributed by atoms with van der Waals surface area (Å²) >= 11 is 12.1. The van der Waals surface area contributed by atoms with Crippen molar-refractivity contribution in [2.24, 2.45) is 0 Å². The van der Waals surface area contributed by atoms with E-state index in [-0.39, 0.29) is 0 Å². The lowest BCUT2D eigenvalue weighted by molar-refractivity contribution is 0.398. The molecule has 0 saturated carbocycles. The lowest BCUT2D eigenvalue weighted by Crippen LogP contribution is -1.98. The van der Waals surface area contributed by atoms with Gasteiger partial charge in [-0.05, 0) is 12.5 Å². The number of methoxy groups -OCH3 is 1. The molecule has 0 atom stereocenters. The van der Waals surface area contributed by atoms with Crippen LogP contribution in [0.15, 0.2) is 18.2 Å². The minimum Gasteiger partial charge on any atom is -0.481 e. The van der Waals surface area contributed by atoms with E-state index in [0.29, 0.717) is 34.1 Å². The van der Waals surface area contributed by atoms with Gasteiger partial charge < -0.3 is 4.74 Å². The van der Waals surface area contributed by atoms with Gasteiger partial charge in [0, 0.05) is 11.6 Å². The van der Waals surface area contributed by atoms with Crippen LogP contribution in [0.4, 0.5) is 0 Å². The van der Waals surface area contributed by atoms with Crippen LogP contribution in [0.1, 0.15) is 12.5 Å².